The van der Waals surface area contributed by atoms with E-state index in [-0.39, 0.29) is 12.3 Å². The van der Waals surface area contributed by atoms with Crippen LogP contribution in [0.3, 0.4) is 0 Å². The topological polar surface area (TPSA) is 97.8 Å². The van der Waals surface area contributed by atoms with Gasteiger partial charge in [-0.1, -0.05) is 0 Å². The Hall–Kier alpha value is -2.45. The summed E-state index contributed by atoms with van der Waals surface area (Å²) in [5, 5.41) is 14.0. The molecule has 0 aliphatic carbocycles. The van der Waals surface area contributed by atoms with Gasteiger partial charge in [-0.05, 0) is 38.1 Å². The van der Waals surface area contributed by atoms with E-state index in [1.165, 1.54) is 25.4 Å². The maximum absolute atomic E-state index is 12.3. The van der Waals surface area contributed by atoms with Crippen molar-refractivity contribution in [3.05, 3.63) is 35.3 Å². The van der Waals surface area contributed by atoms with Gasteiger partial charge in [-0.2, -0.15) is 0 Å². The second kappa shape index (κ2) is 8.09. The molecule has 7 nitrogen and oxygen atoms in total. The summed E-state index contributed by atoms with van der Waals surface area (Å²) in [6.45, 7) is 3.74. The fourth-order valence-corrected chi connectivity index (χ4v) is 2.93. The second-order valence-corrected chi connectivity index (χ2v) is 6.38. The van der Waals surface area contributed by atoms with E-state index in [4.69, 9.17) is 9.47 Å². The van der Waals surface area contributed by atoms with Crippen LogP contribution in [0, 0.1) is 0 Å². The maximum atomic E-state index is 12.3. The van der Waals surface area contributed by atoms with Crippen molar-refractivity contribution < 1.29 is 24.2 Å². The molecule has 134 valence electrons. The highest BCUT2D eigenvalue weighted by atomic mass is 32.1. The third-order valence-electron chi connectivity index (χ3n) is 3.44. The van der Waals surface area contributed by atoms with E-state index >= 15 is 0 Å². The van der Waals surface area contributed by atoms with Gasteiger partial charge < -0.3 is 19.9 Å². The molecule has 0 bridgehead atoms. The predicted octanol–water partition coefficient (Wildman–Crippen LogP) is 2.43. The van der Waals surface area contributed by atoms with E-state index < -0.39 is 17.4 Å². The molecule has 1 amide bonds. The molecule has 0 fully saturated rings. The SMILES string of the molecule is CCOc1ccc(-c2nc(C(=O)NC(C)(COC)C(=O)O)cs2)cc1. The Morgan fingerprint density at radius 3 is 2.56 bits per heavy atom. The first-order chi connectivity index (χ1) is 11.9. The molecule has 2 N–H and O–H groups in total. The molecule has 0 spiro atoms. The highest BCUT2D eigenvalue weighted by Gasteiger charge is 2.35. The highest BCUT2D eigenvalue weighted by molar-refractivity contribution is 7.13. The van der Waals surface area contributed by atoms with Crippen molar-refractivity contribution in [2.45, 2.75) is 19.4 Å². The standard InChI is InChI=1S/C17H20N2O5S/c1-4-24-12-7-5-11(6-8-12)15-18-13(9-25-15)14(20)19-17(2,10-23-3)16(21)22/h5-9H,4,10H2,1-3H3,(H,19,20)(H,21,22). The average molecular weight is 364 g/mol. The average Bonchev–Trinajstić information content (AvgIpc) is 3.06. The molecule has 1 unspecified atom stereocenters. The van der Waals surface area contributed by atoms with Crippen molar-refractivity contribution in [2.24, 2.45) is 0 Å². The number of ether oxygens (including phenoxy) is 2. The molecule has 1 aromatic heterocycles. The minimum absolute atomic E-state index is 0.149. The van der Waals surface area contributed by atoms with E-state index in [1.54, 1.807) is 5.38 Å². The number of carboxylic acids is 1. The first-order valence-corrected chi connectivity index (χ1v) is 8.51. The molecule has 0 aliphatic heterocycles. The number of rotatable bonds is 8. The Labute approximate surface area is 149 Å². The number of methoxy groups -OCH3 is 1. The van der Waals surface area contributed by atoms with Crippen molar-refractivity contribution in [3.8, 4) is 16.3 Å². The number of carbonyl (C=O) groups excluding carboxylic acids is 1. The zero-order valence-electron chi connectivity index (χ0n) is 14.2. The molecule has 2 aromatic rings. The van der Waals surface area contributed by atoms with Gasteiger partial charge in [0.05, 0.1) is 13.2 Å². The Kier molecular flexibility index (Phi) is 6.11. The monoisotopic (exact) mass is 364 g/mol. The van der Waals surface area contributed by atoms with Crippen LogP contribution < -0.4 is 10.1 Å². The summed E-state index contributed by atoms with van der Waals surface area (Å²) < 4.78 is 10.3. The van der Waals surface area contributed by atoms with Gasteiger partial charge in [-0.3, -0.25) is 4.79 Å². The zero-order chi connectivity index (χ0) is 18.4. The second-order valence-electron chi connectivity index (χ2n) is 5.52. The Bertz CT molecular complexity index is 744. The summed E-state index contributed by atoms with van der Waals surface area (Å²) in [7, 11) is 1.38. The quantitative estimate of drug-likeness (QED) is 0.747. The minimum atomic E-state index is -1.52. The molecular formula is C17H20N2O5S. The largest absolute Gasteiger partial charge is 0.494 e. The number of thiazole rings is 1. The lowest BCUT2D eigenvalue weighted by atomic mass is 10.0. The summed E-state index contributed by atoms with van der Waals surface area (Å²) in [6, 6.07) is 7.38. The summed E-state index contributed by atoms with van der Waals surface area (Å²) in [5.74, 6) is -0.974. The number of aromatic nitrogens is 1. The minimum Gasteiger partial charge on any atom is -0.494 e. The molecular weight excluding hydrogens is 344 g/mol. The van der Waals surface area contributed by atoms with Crippen LogP contribution in [-0.2, 0) is 9.53 Å². The summed E-state index contributed by atoms with van der Waals surface area (Å²) in [6.07, 6.45) is 0. The molecule has 2 rings (SSSR count). The fraction of sp³-hybridized carbons (Fsp3) is 0.353. The normalized spacial score (nSPS) is 13.1. The van der Waals surface area contributed by atoms with E-state index in [2.05, 4.69) is 10.3 Å². The molecule has 8 heteroatoms. The van der Waals surface area contributed by atoms with Crippen molar-refractivity contribution in [2.75, 3.05) is 20.3 Å². The Morgan fingerprint density at radius 1 is 1.32 bits per heavy atom. The van der Waals surface area contributed by atoms with Gasteiger partial charge in [-0.15, -0.1) is 11.3 Å². The van der Waals surface area contributed by atoms with Gasteiger partial charge in [0.25, 0.3) is 5.91 Å². The van der Waals surface area contributed by atoms with E-state index in [1.807, 2.05) is 31.2 Å². The van der Waals surface area contributed by atoms with Crippen molar-refractivity contribution in [1.82, 2.24) is 10.3 Å². The molecule has 0 saturated heterocycles. The third kappa shape index (κ3) is 4.55. The van der Waals surface area contributed by atoms with Gasteiger partial charge in [0.15, 0.2) is 5.54 Å². The molecule has 1 aromatic carbocycles. The number of hydrogen-bond donors (Lipinski definition) is 2. The van der Waals surface area contributed by atoms with E-state index in [0.717, 1.165) is 11.3 Å². The molecule has 25 heavy (non-hydrogen) atoms. The van der Waals surface area contributed by atoms with Crippen LogP contribution in [0.25, 0.3) is 10.6 Å². The van der Waals surface area contributed by atoms with Crippen molar-refractivity contribution in [3.63, 3.8) is 0 Å². The lowest BCUT2D eigenvalue weighted by Gasteiger charge is -2.24. The third-order valence-corrected chi connectivity index (χ3v) is 4.33. The number of carboxylic acid groups (broad SMARTS) is 1. The van der Waals surface area contributed by atoms with Crippen molar-refractivity contribution >= 4 is 23.2 Å². The first kappa shape index (κ1) is 18.9. The van der Waals surface area contributed by atoms with Crippen LogP contribution in [0.4, 0.5) is 0 Å². The number of nitrogens with one attached hydrogen (secondary N) is 1. The van der Waals surface area contributed by atoms with Crippen LogP contribution in [0.15, 0.2) is 29.6 Å². The Morgan fingerprint density at radius 2 is 2.00 bits per heavy atom. The molecule has 0 radical (unpaired) electrons. The first-order valence-electron chi connectivity index (χ1n) is 7.63. The number of aliphatic carboxylic acids is 1. The summed E-state index contributed by atoms with van der Waals surface area (Å²) in [5.41, 5.74) is -0.503. The summed E-state index contributed by atoms with van der Waals surface area (Å²) in [4.78, 5) is 28.0. The molecule has 0 aliphatic rings. The predicted molar refractivity (Wildman–Crippen MR) is 94.1 cm³/mol. The van der Waals surface area contributed by atoms with Crippen molar-refractivity contribution in [1.29, 1.82) is 0 Å². The van der Waals surface area contributed by atoms with E-state index in [9.17, 15) is 14.7 Å². The van der Waals surface area contributed by atoms with Gasteiger partial charge in [0, 0.05) is 18.1 Å². The Balaban J connectivity index is 2.14. The van der Waals surface area contributed by atoms with Crippen LogP contribution in [0.2, 0.25) is 0 Å². The van der Waals surface area contributed by atoms with Gasteiger partial charge in [0.2, 0.25) is 0 Å². The van der Waals surface area contributed by atoms with E-state index in [0.29, 0.717) is 11.6 Å². The molecule has 0 saturated carbocycles. The smallest absolute Gasteiger partial charge is 0.331 e. The van der Waals surface area contributed by atoms with Crippen LogP contribution in [0.5, 0.6) is 5.75 Å². The van der Waals surface area contributed by atoms with Gasteiger partial charge in [-0.25, -0.2) is 9.78 Å². The zero-order valence-corrected chi connectivity index (χ0v) is 15.1. The lowest BCUT2D eigenvalue weighted by molar-refractivity contribution is -0.145. The maximum Gasteiger partial charge on any atom is 0.331 e. The summed E-state index contributed by atoms with van der Waals surface area (Å²) >= 11 is 1.31. The van der Waals surface area contributed by atoms with Crippen LogP contribution in [0.1, 0.15) is 24.3 Å². The van der Waals surface area contributed by atoms with Gasteiger partial charge >= 0.3 is 5.97 Å². The lowest BCUT2D eigenvalue weighted by Crippen LogP contribution is -2.55. The van der Waals surface area contributed by atoms with Gasteiger partial charge in [0.1, 0.15) is 16.5 Å². The number of amides is 1. The molecule has 1 atom stereocenters. The van der Waals surface area contributed by atoms with Crippen LogP contribution in [-0.4, -0.2) is 47.8 Å². The number of carbonyl (C=O) groups is 2. The highest BCUT2D eigenvalue weighted by Crippen LogP contribution is 2.26. The fourth-order valence-electron chi connectivity index (χ4n) is 2.13. The van der Waals surface area contributed by atoms with Crippen LogP contribution >= 0.6 is 11.3 Å². The number of benzene rings is 1. The molecule has 1 heterocycles. The number of hydrogen-bond acceptors (Lipinski definition) is 6. The number of nitrogens with zero attached hydrogens (tertiary/aromatic N) is 1.